The number of nitrogens with one attached hydrogen (secondary N) is 1. The van der Waals surface area contributed by atoms with E-state index >= 15 is 0 Å². The Labute approximate surface area is 130 Å². The van der Waals surface area contributed by atoms with Crippen molar-refractivity contribution in [2.75, 3.05) is 0 Å². The highest BCUT2D eigenvalue weighted by atomic mass is 19.1. The van der Waals surface area contributed by atoms with Crippen LogP contribution in [0.25, 0.3) is 0 Å². The van der Waals surface area contributed by atoms with Gasteiger partial charge >= 0.3 is 6.03 Å². The molecule has 2 aromatic rings. The SMILES string of the molecule is Cc1cc(CN2C(=O)N[C@@](C)(c3c(F)cccc3F)C2=O)on1. The van der Waals surface area contributed by atoms with Crippen LogP contribution in [0.5, 0.6) is 0 Å². The minimum absolute atomic E-state index is 0.169. The standard InChI is InChI=1S/C15H13F2N3O3/c1-8-6-9(23-19-8)7-20-13(21)15(2,18-14(20)22)12-10(16)4-3-5-11(12)17/h3-6H,7H2,1-2H3,(H,18,22)/t15-/m0/s1. The van der Waals surface area contributed by atoms with Crippen LogP contribution in [0.2, 0.25) is 0 Å². The first-order chi connectivity index (χ1) is 10.8. The first kappa shape index (κ1) is 15.1. The Kier molecular flexibility index (Phi) is 3.39. The molecule has 23 heavy (non-hydrogen) atoms. The Morgan fingerprint density at radius 2 is 1.96 bits per heavy atom. The highest BCUT2D eigenvalue weighted by molar-refractivity contribution is 6.07. The van der Waals surface area contributed by atoms with Gasteiger partial charge in [-0.1, -0.05) is 11.2 Å². The van der Waals surface area contributed by atoms with Gasteiger partial charge in [0, 0.05) is 6.07 Å². The molecule has 0 spiro atoms. The topological polar surface area (TPSA) is 75.4 Å². The summed E-state index contributed by atoms with van der Waals surface area (Å²) in [7, 11) is 0. The number of aryl methyl sites for hydroxylation is 1. The molecule has 1 N–H and O–H groups in total. The number of benzene rings is 1. The summed E-state index contributed by atoms with van der Waals surface area (Å²) in [6.45, 7) is 2.79. The maximum absolute atomic E-state index is 14.0. The molecule has 1 aromatic heterocycles. The van der Waals surface area contributed by atoms with Crippen LogP contribution in [-0.2, 0) is 16.9 Å². The number of carbonyl (C=O) groups excluding carboxylic acids is 2. The van der Waals surface area contributed by atoms with Crippen LogP contribution in [0.3, 0.4) is 0 Å². The van der Waals surface area contributed by atoms with Crippen LogP contribution in [0.15, 0.2) is 28.8 Å². The summed E-state index contributed by atoms with van der Waals surface area (Å²) in [6.07, 6.45) is 0. The third-order valence-corrected chi connectivity index (χ3v) is 3.73. The van der Waals surface area contributed by atoms with Gasteiger partial charge in [-0.25, -0.2) is 13.6 Å². The quantitative estimate of drug-likeness (QED) is 0.880. The second-order valence-corrected chi connectivity index (χ2v) is 5.48. The van der Waals surface area contributed by atoms with Crippen molar-refractivity contribution in [1.82, 2.24) is 15.4 Å². The molecule has 0 bridgehead atoms. The summed E-state index contributed by atoms with van der Waals surface area (Å²) >= 11 is 0. The van der Waals surface area contributed by atoms with Crippen LogP contribution < -0.4 is 5.32 Å². The number of imide groups is 1. The van der Waals surface area contributed by atoms with Crippen molar-refractivity contribution >= 4 is 11.9 Å². The number of amides is 3. The number of hydrogen-bond donors (Lipinski definition) is 1. The van der Waals surface area contributed by atoms with Crippen LogP contribution in [0.1, 0.15) is 23.9 Å². The van der Waals surface area contributed by atoms with Gasteiger partial charge in [-0.05, 0) is 26.0 Å². The molecule has 8 heteroatoms. The molecule has 6 nitrogen and oxygen atoms in total. The van der Waals surface area contributed by atoms with Gasteiger partial charge in [-0.15, -0.1) is 0 Å². The molecule has 0 saturated carbocycles. The fraction of sp³-hybridized carbons (Fsp3) is 0.267. The third kappa shape index (κ3) is 2.36. The first-order valence-electron chi connectivity index (χ1n) is 6.83. The van der Waals surface area contributed by atoms with E-state index in [4.69, 9.17) is 4.52 Å². The molecular formula is C15H13F2N3O3. The highest BCUT2D eigenvalue weighted by Crippen LogP contribution is 2.33. The van der Waals surface area contributed by atoms with Crippen LogP contribution in [-0.4, -0.2) is 22.0 Å². The van der Waals surface area contributed by atoms with Crippen LogP contribution in [0.4, 0.5) is 13.6 Å². The number of urea groups is 1. The van der Waals surface area contributed by atoms with Gasteiger partial charge in [-0.2, -0.15) is 0 Å². The third-order valence-electron chi connectivity index (χ3n) is 3.73. The molecule has 1 atom stereocenters. The summed E-state index contributed by atoms with van der Waals surface area (Å²) < 4.78 is 33.0. The molecule has 1 aliphatic heterocycles. The molecule has 120 valence electrons. The van der Waals surface area contributed by atoms with E-state index in [0.29, 0.717) is 11.5 Å². The Bertz CT molecular complexity index is 785. The van der Waals surface area contributed by atoms with Gasteiger partial charge in [-0.3, -0.25) is 9.69 Å². The number of rotatable bonds is 3. The largest absolute Gasteiger partial charge is 0.359 e. The predicted octanol–water partition coefficient (Wildman–Crippen LogP) is 2.23. The summed E-state index contributed by atoms with van der Waals surface area (Å²) in [5, 5.41) is 6.02. The lowest BCUT2D eigenvalue weighted by Crippen LogP contribution is -2.42. The van der Waals surface area contributed by atoms with Gasteiger partial charge in [0.2, 0.25) is 0 Å². The van der Waals surface area contributed by atoms with E-state index in [1.807, 2.05) is 0 Å². The van der Waals surface area contributed by atoms with Gasteiger partial charge in [0.05, 0.1) is 17.8 Å². The molecule has 1 fully saturated rings. The van der Waals surface area contributed by atoms with Gasteiger partial charge < -0.3 is 9.84 Å². The highest BCUT2D eigenvalue weighted by Gasteiger charge is 2.51. The fourth-order valence-electron chi connectivity index (χ4n) is 2.63. The van der Waals surface area contributed by atoms with E-state index in [9.17, 15) is 18.4 Å². The number of nitrogens with zero attached hydrogens (tertiary/aromatic N) is 2. The molecule has 1 saturated heterocycles. The van der Waals surface area contributed by atoms with Crippen molar-refractivity contribution in [1.29, 1.82) is 0 Å². The van der Waals surface area contributed by atoms with Crippen molar-refractivity contribution in [2.24, 2.45) is 0 Å². The number of aromatic nitrogens is 1. The molecule has 1 aliphatic rings. The molecule has 1 aromatic carbocycles. The molecule has 0 radical (unpaired) electrons. The Morgan fingerprint density at radius 3 is 2.52 bits per heavy atom. The fourth-order valence-corrected chi connectivity index (χ4v) is 2.63. The summed E-state index contributed by atoms with van der Waals surface area (Å²) in [6, 6.07) is 4.07. The lowest BCUT2D eigenvalue weighted by atomic mass is 9.91. The average molecular weight is 321 g/mol. The molecule has 2 heterocycles. The Morgan fingerprint density at radius 1 is 1.30 bits per heavy atom. The lowest BCUT2D eigenvalue weighted by Gasteiger charge is -2.23. The van der Waals surface area contributed by atoms with Crippen molar-refractivity contribution in [3.05, 3.63) is 52.9 Å². The Balaban J connectivity index is 1.97. The zero-order valence-electron chi connectivity index (χ0n) is 12.4. The second kappa shape index (κ2) is 5.15. The van der Waals surface area contributed by atoms with Crippen LogP contribution in [0, 0.1) is 18.6 Å². The lowest BCUT2D eigenvalue weighted by molar-refractivity contribution is -0.131. The van der Waals surface area contributed by atoms with Crippen molar-refractivity contribution in [2.45, 2.75) is 25.9 Å². The zero-order chi connectivity index (χ0) is 16.8. The smallest absolute Gasteiger partial charge is 0.325 e. The molecular weight excluding hydrogens is 308 g/mol. The summed E-state index contributed by atoms with van der Waals surface area (Å²) in [5.41, 5.74) is -1.72. The molecule has 3 amide bonds. The second-order valence-electron chi connectivity index (χ2n) is 5.48. The first-order valence-corrected chi connectivity index (χ1v) is 6.83. The average Bonchev–Trinajstić information content (AvgIpc) is 2.96. The maximum atomic E-state index is 14.0. The number of carbonyl (C=O) groups is 2. The minimum atomic E-state index is -1.82. The molecule has 0 aliphatic carbocycles. The van der Waals surface area contributed by atoms with E-state index in [2.05, 4.69) is 10.5 Å². The zero-order valence-corrected chi connectivity index (χ0v) is 12.4. The molecule has 0 unspecified atom stereocenters. The predicted molar refractivity (Wildman–Crippen MR) is 74.0 cm³/mol. The van der Waals surface area contributed by atoms with Crippen LogP contribution >= 0.6 is 0 Å². The monoisotopic (exact) mass is 321 g/mol. The van der Waals surface area contributed by atoms with Gasteiger partial charge in [0.1, 0.15) is 17.2 Å². The van der Waals surface area contributed by atoms with Crippen molar-refractivity contribution in [3.63, 3.8) is 0 Å². The van der Waals surface area contributed by atoms with Gasteiger partial charge in [0.15, 0.2) is 5.76 Å². The number of halogens is 2. The maximum Gasteiger partial charge on any atom is 0.325 e. The van der Waals surface area contributed by atoms with Crippen molar-refractivity contribution in [3.8, 4) is 0 Å². The van der Waals surface area contributed by atoms with E-state index in [1.54, 1.807) is 13.0 Å². The van der Waals surface area contributed by atoms with E-state index in [1.165, 1.54) is 13.0 Å². The molecule has 3 rings (SSSR count). The van der Waals surface area contributed by atoms with Crippen molar-refractivity contribution < 1.29 is 22.9 Å². The Hall–Kier alpha value is -2.77. The van der Waals surface area contributed by atoms with E-state index in [-0.39, 0.29) is 6.54 Å². The van der Waals surface area contributed by atoms with Gasteiger partial charge in [0.25, 0.3) is 5.91 Å². The minimum Gasteiger partial charge on any atom is -0.359 e. The number of hydrogen-bond acceptors (Lipinski definition) is 4. The normalized spacial score (nSPS) is 21.0. The summed E-state index contributed by atoms with van der Waals surface area (Å²) in [4.78, 5) is 25.5. The van der Waals surface area contributed by atoms with E-state index in [0.717, 1.165) is 17.0 Å². The van der Waals surface area contributed by atoms with E-state index < -0.39 is 34.7 Å². The summed E-state index contributed by atoms with van der Waals surface area (Å²) in [5.74, 6) is -2.28.